The zero-order chi connectivity index (χ0) is 13.1. The Balaban J connectivity index is 2.45. The fourth-order valence-electron chi connectivity index (χ4n) is 2.59. The van der Waals surface area contributed by atoms with Gasteiger partial charge in [-0.3, -0.25) is 0 Å². The van der Waals surface area contributed by atoms with Gasteiger partial charge in [-0.1, -0.05) is 36.4 Å². The molecule has 94 valence electrons. The Labute approximate surface area is 109 Å². The second kappa shape index (κ2) is 5.26. The smallest absolute Gasteiger partial charge is 0.124 e. The first-order chi connectivity index (χ1) is 8.63. The summed E-state index contributed by atoms with van der Waals surface area (Å²) < 4.78 is 5.51. The molecule has 0 saturated heterocycles. The normalized spacial score (nSPS) is 10.4. The highest BCUT2D eigenvalue weighted by Crippen LogP contribution is 2.30. The van der Waals surface area contributed by atoms with Gasteiger partial charge in [0.1, 0.15) is 5.75 Å². The van der Waals surface area contributed by atoms with Crippen LogP contribution in [0.1, 0.15) is 27.8 Å². The summed E-state index contributed by atoms with van der Waals surface area (Å²) in [6.07, 6.45) is 0.967. The van der Waals surface area contributed by atoms with E-state index >= 15 is 0 Å². The van der Waals surface area contributed by atoms with E-state index in [-0.39, 0.29) is 0 Å². The third-order valence-corrected chi connectivity index (χ3v) is 3.49. The lowest BCUT2D eigenvalue weighted by atomic mass is 9.93. The summed E-state index contributed by atoms with van der Waals surface area (Å²) in [5.41, 5.74) is 6.54. The predicted molar refractivity (Wildman–Crippen MR) is 76.5 cm³/mol. The number of aryl methyl sites for hydroxylation is 2. The van der Waals surface area contributed by atoms with Crippen LogP contribution in [-0.4, -0.2) is 7.11 Å². The van der Waals surface area contributed by atoms with Crippen LogP contribution in [0.3, 0.4) is 0 Å². The molecule has 2 rings (SSSR count). The standard InChI is InChI=1S/C17H20O/c1-12-10-13(2)17(18-4)14(3)16(12)11-15-8-6-5-7-9-15/h5-10H,11H2,1-4H3. The Morgan fingerprint density at radius 1 is 0.944 bits per heavy atom. The van der Waals surface area contributed by atoms with Crippen molar-refractivity contribution < 1.29 is 4.74 Å². The number of methoxy groups -OCH3 is 1. The molecule has 18 heavy (non-hydrogen) atoms. The number of ether oxygens (including phenoxy) is 1. The molecule has 0 atom stereocenters. The van der Waals surface area contributed by atoms with E-state index in [4.69, 9.17) is 4.74 Å². The van der Waals surface area contributed by atoms with E-state index in [9.17, 15) is 0 Å². The fraction of sp³-hybridized carbons (Fsp3) is 0.294. The van der Waals surface area contributed by atoms with Gasteiger partial charge in [0.05, 0.1) is 7.11 Å². The van der Waals surface area contributed by atoms with Crippen molar-refractivity contribution in [1.29, 1.82) is 0 Å². The molecule has 0 amide bonds. The second-order valence-corrected chi connectivity index (χ2v) is 4.81. The highest BCUT2D eigenvalue weighted by Gasteiger charge is 2.11. The summed E-state index contributed by atoms with van der Waals surface area (Å²) in [5.74, 6) is 1.02. The predicted octanol–water partition coefficient (Wildman–Crippen LogP) is 4.21. The molecular weight excluding hydrogens is 220 g/mol. The molecule has 1 nitrogen and oxygen atoms in total. The van der Waals surface area contributed by atoms with Crippen molar-refractivity contribution in [2.24, 2.45) is 0 Å². The van der Waals surface area contributed by atoms with Crippen LogP contribution < -0.4 is 4.74 Å². The maximum atomic E-state index is 5.51. The average molecular weight is 240 g/mol. The van der Waals surface area contributed by atoms with Crippen molar-refractivity contribution in [2.45, 2.75) is 27.2 Å². The molecule has 0 aliphatic rings. The summed E-state index contributed by atoms with van der Waals surface area (Å²) in [6.45, 7) is 6.43. The number of benzene rings is 2. The van der Waals surface area contributed by atoms with Crippen LogP contribution >= 0.6 is 0 Å². The Kier molecular flexibility index (Phi) is 3.71. The lowest BCUT2D eigenvalue weighted by Gasteiger charge is -2.16. The first-order valence-electron chi connectivity index (χ1n) is 6.31. The molecule has 0 bridgehead atoms. The molecule has 2 aromatic rings. The maximum Gasteiger partial charge on any atom is 0.124 e. The van der Waals surface area contributed by atoms with E-state index in [0.717, 1.165) is 12.2 Å². The molecule has 1 heteroatoms. The molecule has 0 spiro atoms. The highest BCUT2D eigenvalue weighted by molar-refractivity contribution is 5.50. The van der Waals surface area contributed by atoms with Gasteiger partial charge < -0.3 is 4.74 Å². The van der Waals surface area contributed by atoms with Gasteiger partial charge in [0.25, 0.3) is 0 Å². The van der Waals surface area contributed by atoms with E-state index in [1.165, 1.54) is 27.8 Å². The number of hydrogen-bond donors (Lipinski definition) is 0. The van der Waals surface area contributed by atoms with Crippen LogP contribution in [0.5, 0.6) is 5.75 Å². The zero-order valence-electron chi connectivity index (χ0n) is 11.6. The lowest BCUT2D eigenvalue weighted by Crippen LogP contribution is -2.00. The van der Waals surface area contributed by atoms with Crippen molar-refractivity contribution in [3.05, 3.63) is 64.2 Å². The molecule has 2 aromatic carbocycles. The van der Waals surface area contributed by atoms with Crippen LogP contribution in [0.25, 0.3) is 0 Å². The second-order valence-electron chi connectivity index (χ2n) is 4.81. The number of hydrogen-bond acceptors (Lipinski definition) is 1. The van der Waals surface area contributed by atoms with Crippen molar-refractivity contribution in [3.8, 4) is 5.75 Å². The Bertz CT molecular complexity index is 541. The van der Waals surface area contributed by atoms with Crippen LogP contribution in [0, 0.1) is 20.8 Å². The van der Waals surface area contributed by atoms with E-state index in [1.807, 2.05) is 0 Å². The van der Waals surface area contributed by atoms with Crippen molar-refractivity contribution in [1.82, 2.24) is 0 Å². The molecule has 0 aliphatic heterocycles. The van der Waals surface area contributed by atoms with Gasteiger partial charge in [-0.15, -0.1) is 0 Å². The monoisotopic (exact) mass is 240 g/mol. The number of rotatable bonds is 3. The lowest BCUT2D eigenvalue weighted by molar-refractivity contribution is 0.408. The minimum atomic E-state index is 0.967. The molecule has 0 radical (unpaired) electrons. The molecule has 0 fully saturated rings. The fourth-order valence-corrected chi connectivity index (χ4v) is 2.59. The van der Waals surface area contributed by atoms with Gasteiger partial charge >= 0.3 is 0 Å². The topological polar surface area (TPSA) is 9.23 Å². The zero-order valence-corrected chi connectivity index (χ0v) is 11.6. The Hall–Kier alpha value is -1.76. The van der Waals surface area contributed by atoms with Crippen LogP contribution in [0.2, 0.25) is 0 Å². The molecular formula is C17H20O. The van der Waals surface area contributed by atoms with Crippen molar-refractivity contribution >= 4 is 0 Å². The summed E-state index contributed by atoms with van der Waals surface area (Å²) in [7, 11) is 1.75. The van der Waals surface area contributed by atoms with Gasteiger partial charge in [0.2, 0.25) is 0 Å². The molecule has 0 saturated carbocycles. The molecule has 0 aromatic heterocycles. The van der Waals surface area contributed by atoms with Gasteiger partial charge in [0.15, 0.2) is 0 Å². The van der Waals surface area contributed by atoms with Crippen LogP contribution in [0.4, 0.5) is 0 Å². The average Bonchev–Trinajstić information content (AvgIpc) is 2.36. The first kappa shape index (κ1) is 12.7. The summed E-state index contributed by atoms with van der Waals surface area (Å²) in [6, 6.07) is 12.8. The molecule has 0 heterocycles. The van der Waals surface area contributed by atoms with Gasteiger partial charge in [-0.25, -0.2) is 0 Å². The minimum absolute atomic E-state index is 0.967. The summed E-state index contributed by atoms with van der Waals surface area (Å²) >= 11 is 0. The molecule has 0 unspecified atom stereocenters. The summed E-state index contributed by atoms with van der Waals surface area (Å²) in [5, 5.41) is 0. The first-order valence-corrected chi connectivity index (χ1v) is 6.31. The Morgan fingerprint density at radius 3 is 2.22 bits per heavy atom. The van der Waals surface area contributed by atoms with E-state index in [0.29, 0.717) is 0 Å². The van der Waals surface area contributed by atoms with Gasteiger partial charge in [0, 0.05) is 0 Å². The third-order valence-electron chi connectivity index (χ3n) is 3.49. The third kappa shape index (κ3) is 2.40. The summed E-state index contributed by atoms with van der Waals surface area (Å²) in [4.78, 5) is 0. The van der Waals surface area contributed by atoms with E-state index in [2.05, 4.69) is 57.2 Å². The largest absolute Gasteiger partial charge is 0.496 e. The van der Waals surface area contributed by atoms with Crippen molar-refractivity contribution in [2.75, 3.05) is 7.11 Å². The van der Waals surface area contributed by atoms with Crippen LogP contribution in [-0.2, 0) is 6.42 Å². The highest BCUT2D eigenvalue weighted by atomic mass is 16.5. The SMILES string of the molecule is COc1c(C)cc(C)c(Cc2ccccc2)c1C. The van der Waals surface area contributed by atoms with E-state index in [1.54, 1.807) is 7.11 Å². The van der Waals surface area contributed by atoms with Crippen LogP contribution in [0.15, 0.2) is 36.4 Å². The van der Waals surface area contributed by atoms with Crippen molar-refractivity contribution in [3.63, 3.8) is 0 Å². The quantitative estimate of drug-likeness (QED) is 0.781. The Morgan fingerprint density at radius 2 is 1.61 bits per heavy atom. The van der Waals surface area contributed by atoms with E-state index < -0.39 is 0 Å². The minimum Gasteiger partial charge on any atom is -0.496 e. The van der Waals surface area contributed by atoms with Gasteiger partial charge in [-0.2, -0.15) is 0 Å². The maximum absolute atomic E-state index is 5.51. The molecule has 0 aliphatic carbocycles. The van der Waals surface area contributed by atoms with Gasteiger partial charge in [-0.05, 0) is 55.0 Å². The molecule has 0 N–H and O–H groups in total.